The first kappa shape index (κ1) is 7.94. The molecule has 10 heavy (non-hydrogen) atoms. The molecule has 4 heteroatoms. The quantitative estimate of drug-likeness (QED) is 0.429. The van der Waals surface area contributed by atoms with E-state index in [4.69, 9.17) is 20.1 Å². The van der Waals surface area contributed by atoms with Crippen molar-refractivity contribution in [3.8, 4) is 0 Å². The van der Waals surface area contributed by atoms with Gasteiger partial charge in [-0.15, -0.1) is 0 Å². The van der Waals surface area contributed by atoms with Gasteiger partial charge in [0, 0.05) is 6.42 Å². The van der Waals surface area contributed by atoms with E-state index < -0.39 is 18.3 Å². The number of aliphatic hydroxyl groups is 3. The van der Waals surface area contributed by atoms with Crippen LogP contribution in [0.15, 0.2) is 0 Å². The fraction of sp³-hybridized carbons (Fsp3) is 0.833. The van der Waals surface area contributed by atoms with E-state index in [0.29, 0.717) is 6.42 Å². The molecular weight excluding hydrogens is 136 g/mol. The van der Waals surface area contributed by atoms with E-state index in [9.17, 15) is 0 Å². The number of ether oxygens (including phenoxy) is 1. The molecule has 1 aliphatic heterocycles. The highest BCUT2D eigenvalue weighted by Crippen LogP contribution is 2.16. The van der Waals surface area contributed by atoms with Crippen molar-refractivity contribution in [1.29, 1.82) is 0 Å². The molecule has 0 bridgehead atoms. The van der Waals surface area contributed by atoms with Gasteiger partial charge in [-0.3, -0.25) is 0 Å². The topological polar surface area (TPSA) is 69.9 Å². The van der Waals surface area contributed by atoms with E-state index in [-0.39, 0.29) is 6.61 Å². The maximum atomic E-state index is 9.08. The molecule has 3 N–H and O–H groups in total. The zero-order chi connectivity index (χ0) is 7.56. The van der Waals surface area contributed by atoms with Crippen LogP contribution in [0.5, 0.6) is 0 Å². The predicted molar refractivity (Wildman–Crippen MR) is 32.9 cm³/mol. The van der Waals surface area contributed by atoms with Gasteiger partial charge in [-0.25, -0.2) is 0 Å². The normalized spacial score (nSPS) is 41.7. The summed E-state index contributed by atoms with van der Waals surface area (Å²) in [5.41, 5.74) is 0. The Morgan fingerprint density at radius 1 is 1.50 bits per heavy atom. The zero-order valence-electron chi connectivity index (χ0n) is 5.47. The maximum absolute atomic E-state index is 9.08. The summed E-state index contributed by atoms with van der Waals surface area (Å²) in [6.45, 7) is 1.13. The third kappa shape index (κ3) is 1.46. The molecule has 1 heterocycles. The Hall–Kier alpha value is -0.160. The highest BCUT2D eigenvalue weighted by molar-refractivity contribution is 4.84. The number of hydrogen-bond donors (Lipinski definition) is 3. The van der Waals surface area contributed by atoms with Gasteiger partial charge in [0.25, 0.3) is 0 Å². The van der Waals surface area contributed by atoms with Crippen molar-refractivity contribution in [2.24, 2.45) is 0 Å². The van der Waals surface area contributed by atoms with Gasteiger partial charge >= 0.3 is 0 Å². The average Bonchev–Trinajstić information content (AvgIpc) is 1.95. The van der Waals surface area contributed by atoms with Crippen molar-refractivity contribution in [3.63, 3.8) is 0 Å². The fourth-order valence-electron chi connectivity index (χ4n) is 0.896. The van der Waals surface area contributed by atoms with Gasteiger partial charge in [0.15, 0.2) is 0 Å². The monoisotopic (exact) mass is 147 g/mol. The standard InChI is InChI=1S/C6H11O4/c7-3-5-6(9)4(8)1-2-10-5/h2,4-9H,1,3H2/t4-,5-,6+/m0/s1. The molecule has 0 unspecified atom stereocenters. The van der Waals surface area contributed by atoms with E-state index in [1.165, 1.54) is 6.61 Å². The lowest BCUT2D eigenvalue weighted by Crippen LogP contribution is -2.44. The van der Waals surface area contributed by atoms with E-state index in [0.717, 1.165) is 0 Å². The molecule has 1 radical (unpaired) electrons. The summed E-state index contributed by atoms with van der Waals surface area (Å²) in [6, 6.07) is 0. The minimum Gasteiger partial charge on any atom is -0.394 e. The lowest BCUT2D eigenvalue weighted by Gasteiger charge is -2.30. The van der Waals surface area contributed by atoms with Gasteiger partial charge in [0.1, 0.15) is 12.2 Å². The zero-order valence-corrected chi connectivity index (χ0v) is 5.47. The largest absolute Gasteiger partial charge is 0.394 e. The third-order valence-corrected chi connectivity index (χ3v) is 1.56. The maximum Gasteiger partial charge on any atom is 0.109 e. The van der Waals surface area contributed by atoms with Gasteiger partial charge < -0.3 is 20.1 Å². The van der Waals surface area contributed by atoms with Crippen molar-refractivity contribution in [2.75, 3.05) is 6.61 Å². The first-order valence-electron chi connectivity index (χ1n) is 3.20. The molecule has 0 spiro atoms. The molecule has 1 aliphatic rings. The van der Waals surface area contributed by atoms with Crippen LogP contribution in [0.3, 0.4) is 0 Å². The predicted octanol–water partition coefficient (Wildman–Crippen LogP) is -1.35. The van der Waals surface area contributed by atoms with Crippen molar-refractivity contribution in [3.05, 3.63) is 6.61 Å². The molecule has 0 amide bonds. The van der Waals surface area contributed by atoms with Gasteiger partial charge in [0.2, 0.25) is 0 Å². The van der Waals surface area contributed by atoms with Crippen molar-refractivity contribution < 1.29 is 20.1 Å². The molecular formula is C6H11O4. The molecule has 1 fully saturated rings. The summed E-state index contributed by atoms with van der Waals surface area (Å²) in [4.78, 5) is 0. The van der Waals surface area contributed by atoms with E-state index in [1.807, 2.05) is 0 Å². The smallest absolute Gasteiger partial charge is 0.109 e. The second-order valence-electron chi connectivity index (χ2n) is 2.32. The summed E-state index contributed by atoms with van der Waals surface area (Å²) in [6.07, 6.45) is -2.11. The van der Waals surface area contributed by atoms with Gasteiger partial charge in [-0.2, -0.15) is 0 Å². The molecule has 0 aromatic rings. The summed E-state index contributed by atoms with van der Waals surface area (Å²) < 4.78 is 4.82. The first-order valence-corrected chi connectivity index (χ1v) is 3.20. The van der Waals surface area contributed by atoms with Gasteiger partial charge in [-0.1, -0.05) is 0 Å². The molecule has 3 atom stereocenters. The summed E-state index contributed by atoms with van der Waals surface area (Å²) >= 11 is 0. The molecule has 0 aromatic heterocycles. The Balaban J connectivity index is 2.42. The summed E-state index contributed by atoms with van der Waals surface area (Å²) in [5, 5.41) is 26.7. The van der Waals surface area contributed by atoms with E-state index in [2.05, 4.69) is 0 Å². The van der Waals surface area contributed by atoms with Gasteiger partial charge in [-0.05, 0) is 0 Å². The van der Waals surface area contributed by atoms with Crippen LogP contribution in [0.1, 0.15) is 6.42 Å². The van der Waals surface area contributed by atoms with Crippen LogP contribution in [0.25, 0.3) is 0 Å². The van der Waals surface area contributed by atoms with Crippen LogP contribution in [-0.4, -0.2) is 40.2 Å². The van der Waals surface area contributed by atoms with Crippen molar-refractivity contribution >= 4 is 0 Å². The van der Waals surface area contributed by atoms with Crippen LogP contribution in [-0.2, 0) is 4.74 Å². The van der Waals surface area contributed by atoms with Crippen LogP contribution < -0.4 is 0 Å². The minimum atomic E-state index is -0.963. The van der Waals surface area contributed by atoms with Gasteiger partial charge in [0.05, 0.1) is 19.3 Å². The lowest BCUT2D eigenvalue weighted by molar-refractivity contribution is -0.124. The SMILES string of the molecule is OC[C@@H]1O[CH]C[C@H](O)[C@H]1O. The lowest BCUT2D eigenvalue weighted by atomic mass is 10.0. The molecule has 0 aliphatic carbocycles. The van der Waals surface area contributed by atoms with Crippen LogP contribution in [0, 0.1) is 6.61 Å². The molecule has 0 saturated carbocycles. The van der Waals surface area contributed by atoms with Crippen LogP contribution >= 0.6 is 0 Å². The van der Waals surface area contributed by atoms with Crippen LogP contribution in [0.4, 0.5) is 0 Å². The van der Waals surface area contributed by atoms with Crippen molar-refractivity contribution in [2.45, 2.75) is 24.7 Å². The summed E-state index contributed by atoms with van der Waals surface area (Å²) in [7, 11) is 0. The Labute approximate surface area is 59.1 Å². The van der Waals surface area contributed by atoms with Crippen LogP contribution in [0.2, 0.25) is 0 Å². The van der Waals surface area contributed by atoms with E-state index in [1.54, 1.807) is 0 Å². The number of hydrogen-bond acceptors (Lipinski definition) is 4. The van der Waals surface area contributed by atoms with E-state index >= 15 is 0 Å². The molecule has 59 valence electrons. The summed E-state index contributed by atoms with van der Waals surface area (Å²) in [5.74, 6) is 0. The Morgan fingerprint density at radius 3 is 2.70 bits per heavy atom. The Kier molecular flexibility index (Phi) is 2.62. The number of rotatable bonds is 1. The number of aliphatic hydroxyl groups excluding tert-OH is 3. The molecule has 1 saturated heterocycles. The fourth-order valence-corrected chi connectivity index (χ4v) is 0.896. The Bertz CT molecular complexity index is 106. The first-order chi connectivity index (χ1) is 4.75. The minimum absolute atomic E-state index is 0.269. The molecule has 0 aromatic carbocycles. The second kappa shape index (κ2) is 3.30. The third-order valence-electron chi connectivity index (χ3n) is 1.56. The molecule has 1 rings (SSSR count). The Morgan fingerprint density at radius 2 is 2.20 bits per heavy atom. The molecule has 4 nitrogen and oxygen atoms in total. The average molecular weight is 147 g/mol. The second-order valence-corrected chi connectivity index (χ2v) is 2.32. The highest BCUT2D eigenvalue weighted by atomic mass is 16.5. The van der Waals surface area contributed by atoms with Crippen molar-refractivity contribution in [1.82, 2.24) is 0 Å². The highest BCUT2D eigenvalue weighted by Gasteiger charge is 2.30.